The quantitative estimate of drug-likeness (QED) is 0.774. The minimum Gasteiger partial charge on any atom is -0.336 e. The molecule has 1 N–H and O–H groups in total. The lowest BCUT2D eigenvalue weighted by Crippen LogP contribution is -2.47. The van der Waals surface area contributed by atoms with Crippen molar-refractivity contribution >= 4 is 17.4 Å². The normalized spacial score (nSPS) is 18.7. The molecule has 5 heterocycles. The smallest absolute Gasteiger partial charge is 0.322 e. The Kier molecular flexibility index (Phi) is 3.24. The minimum absolute atomic E-state index is 0.0402. The van der Waals surface area contributed by atoms with Gasteiger partial charge in [-0.2, -0.15) is 5.10 Å². The van der Waals surface area contributed by atoms with E-state index in [2.05, 4.69) is 26.5 Å². The summed E-state index contributed by atoms with van der Waals surface area (Å²) in [5.74, 6) is 0. The van der Waals surface area contributed by atoms with E-state index in [1.165, 1.54) is 0 Å². The Balaban J connectivity index is 1.21. The summed E-state index contributed by atoms with van der Waals surface area (Å²) < 4.78 is 4.02. The third kappa shape index (κ3) is 2.54. The molecule has 0 saturated carbocycles. The van der Waals surface area contributed by atoms with Crippen LogP contribution in [0.2, 0.25) is 0 Å². The molecule has 0 spiro atoms. The largest absolute Gasteiger partial charge is 0.336 e. The van der Waals surface area contributed by atoms with Crippen LogP contribution >= 0.6 is 0 Å². The fourth-order valence-corrected chi connectivity index (χ4v) is 3.52. The van der Waals surface area contributed by atoms with Crippen molar-refractivity contribution in [2.24, 2.45) is 0 Å². The number of pyridine rings is 1. The summed E-state index contributed by atoms with van der Waals surface area (Å²) in [5, 5.41) is 7.25. The second kappa shape index (κ2) is 5.59. The van der Waals surface area contributed by atoms with Gasteiger partial charge in [0, 0.05) is 51.3 Å². The highest BCUT2D eigenvalue weighted by Gasteiger charge is 2.30. The van der Waals surface area contributed by atoms with Gasteiger partial charge < -0.3 is 9.72 Å². The van der Waals surface area contributed by atoms with Crippen LogP contribution in [0.25, 0.3) is 5.65 Å². The first-order valence-electron chi connectivity index (χ1n) is 8.51. The molecule has 0 unspecified atom stereocenters. The molecule has 3 aromatic heterocycles. The molecule has 8 nitrogen and oxygen atoms in total. The van der Waals surface area contributed by atoms with Gasteiger partial charge in [-0.15, -0.1) is 0 Å². The molecule has 25 heavy (non-hydrogen) atoms. The van der Waals surface area contributed by atoms with Crippen LogP contribution in [0.5, 0.6) is 0 Å². The zero-order chi connectivity index (χ0) is 16.8. The molecule has 2 amide bonds. The molecule has 0 atom stereocenters. The lowest BCUT2D eigenvalue weighted by molar-refractivity contribution is 0.0897. The summed E-state index contributed by atoms with van der Waals surface area (Å²) >= 11 is 0. The number of carbonyl (C=O) groups excluding carboxylic acids is 1. The number of rotatable bonds is 4. The molecule has 128 valence electrons. The van der Waals surface area contributed by atoms with Gasteiger partial charge in [0.25, 0.3) is 0 Å². The molecule has 0 aliphatic carbocycles. The molecule has 5 rings (SSSR count). The number of urea groups is 1. The van der Waals surface area contributed by atoms with Crippen LogP contribution in [-0.2, 0) is 6.54 Å². The number of nitrogens with zero attached hydrogens (tertiary/aromatic N) is 6. The van der Waals surface area contributed by atoms with E-state index in [1.807, 2.05) is 39.7 Å². The van der Waals surface area contributed by atoms with Gasteiger partial charge in [-0.1, -0.05) is 6.07 Å². The van der Waals surface area contributed by atoms with Gasteiger partial charge in [0.15, 0.2) is 0 Å². The number of aromatic nitrogens is 4. The van der Waals surface area contributed by atoms with Crippen molar-refractivity contribution in [3.8, 4) is 0 Å². The van der Waals surface area contributed by atoms with Crippen molar-refractivity contribution in [1.29, 1.82) is 0 Å². The number of likely N-dealkylation sites (tertiary alicyclic amines) is 1. The summed E-state index contributed by atoms with van der Waals surface area (Å²) in [7, 11) is 0. The predicted molar refractivity (Wildman–Crippen MR) is 92.5 cm³/mol. The average Bonchev–Trinajstić information content (AvgIpc) is 3.28. The Bertz CT molecular complexity index is 891. The summed E-state index contributed by atoms with van der Waals surface area (Å²) in [6.07, 6.45) is 7.85. The fourth-order valence-electron chi connectivity index (χ4n) is 3.52. The van der Waals surface area contributed by atoms with Gasteiger partial charge in [-0.3, -0.25) is 14.5 Å². The van der Waals surface area contributed by atoms with Crippen molar-refractivity contribution in [3.05, 3.63) is 48.7 Å². The van der Waals surface area contributed by atoms with Crippen LogP contribution in [-0.4, -0.2) is 56.3 Å². The van der Waals surface area contributed by atoms with E-state index in [1.54, 1.807) is 11.1 Å². The summed E-state index contributed by atoms with van der Waals surface area (Å²) in [5.41, 5.74) is 2.93. The van der Waals surface area contributed by atoms with Gasteiger partial charge in [-0.25, -0.2) is 9.78 Å². The molecule has 0 aromatic carbocycles. The van der Waals surface area contributed by atoms with E-state index < -0.39 is 0 Å². The number of amides is 2. The topological polar surface area (TPSA) is 70.7 Å². The molecular weight excluding hydrogens is 318 g/mol. The summed E-state index contributed by atoms with van der Waals surface area (Å²) in [6, 6.07) is 6.34. The van der Waals surface area contributed by atoms with Gasteiger partial charge >= 0.3 is 6.03 Å². The number of hydrogen-bond acceptors (Lipinski definition) is 4. The van der Waals surface area contributed by atoms with E-state index in [-0.39, 0.29) is 6.03 Å². The Hall–Kier alpha value is -2.87. The Morgan fingerprint density at radius 2 is 2.16 bits per heavy atom. The predicted octanol–water partition coefficient (Wildman–Crippen LogP) is 1.12. The van der Waals surface area contributed by atoms with E-state index in [0.717, 1.165) is 36.7 Å². The van der Waals surface area contributed by atoms with Crippen LogP contribution in [0.15, 0.2) is 43.0 Å². The second-order valence-corrected chi connectivity index (χ2v) is 6.61. The van der Waals surface area contributed by atoms with Gasteiger partial charge in [-0.05, 0) is 12.1 Å². The maximum atomic E-state index is 11.7. The zero-order valence-electron chi connectivity index (χ0n) is 13.7. The highest BCUT2D eigenvalue weighted by Crippen LogP contribution is 2.25. The Morgan fingerprint density at radius 1 is 1.24 bits per heavy atom. The number of anilines is 1. The van der Waals surface area contributed by atoms with E-state index in [4.69, 9.17) is 0 Å². The van der Waals surface area contributed by atoms with Gasteiger partial charge in [0.2, 0.25) is 0 Å². The number of fused-ring (bicyclic) bond motifs is 1. The van der Waals surface area contributed by atoms with Gasteiger partial charge in [0.1, 0.15) is 5.65 Å². The fraction of sp³-hybridized carbons (Fsp3) is 0.353. The minimum atomic E-state index is -0.0402. The average molecular weight is 337 g/mol. The number of carbonyl (C=O) groups is 1. The van der Waals surface area contributed by atoms with E-state index in [0.29, 0.717) is 19.1 Å². The Labute approximate surface area is 144 Å². The summed E-state index contributed by atoms with van der Waals surface area (Å²) in [6.45, 7) is 4.14. The Morgan fingerprint density at radius 3 is 2.96 bits per heavy atom. The van der Waals surface area contributed by atoms with Crippen molar-refractivity contribution in [3.63, 3.8) is 0 Å². The SMILES string of the molecule is O=C1NCCN1c1cnn(C2CN(Cc3cn4ccccc4n3)C2)c1. The second-order valence-electron chi connectivity index (χ2n) is 6.61. The standard InChI is InChI=1S/C17H19N7O/c25-17-18-4-6-23(17)14-7-19-24(12-14)15-10-21(11-15)8-13-9-22-5-2-1-3-16(22)20-13/h1-3,5,7,9,12,15H,4,6,8,10-11H2,(H,18,25). The highest BCUT2D eigenvalue weighted by atomic mass is 16.2. The molecule has 8 heteroatoms. The first kappa shape index (κ1) is 14.5. The van der Waals surface area contributed by atoms with Crippen molar-refractivity contribution in [1.82, 2.24) is 29.4 Å². The molecule has 2 saturated heterocycles. The van der Waals surface area contributed by atoms with Crippen molar-refractivity contribution < 1.29 is 4.79 Å². The van der Waals surface area contributed by atoms with Crippen LogP contribution < -0.4 is 10.2 Å². The lowest BCUT2D eigenvalue weighted by Gasteiger charge is -2.38. The first-order chi connectivity index (χ1) is 12.3. The molecule has 2 aliphatic heterocycles. The molecule has 2 fully saturated rings. The zero-order valence-corrected chi connectivity index (χ0v) is 13.7. The number of hydrogen-bond donors (Lipinski definition) is 1. The molecule has 2 aliphatic rings. The first-order valence-corrected chi connectivity index (χ1v) is 8.51. The third-order valence-electron chi connectivity index (χ3n) is 4.87. The van der Waals surface area contributed by atoms with Crippen LogP contribution in [0.1, 0.15) is 11.7 Å². The van der Waals surface area contributed by atoms with Crippen molar-refractivity contribution in [2.45, 2.75) is 12.6 Å². The van der Waals surface area contributed by atoms with E-state index in [9.17, 15) is 4.79 Å². The molecule has 3 aromatic rings. The molecule has 0 radical (unpaired) electrons. The molecular formula is C17H19N7O. The maximum Gasteiger partial charge on any atom is 0.322 e. The van der Waals surface area contributed by atoms with Crippen LogP contribution in [0.4, 0.5) is 10.5 Å². The number of imidazole rings is 1. The maximum absolute atomic E-state index is 11.7. The molecule has 0 bridgehead atoms. The van der Waals surface area contributed by atoms with Gasteiger partial charge in [0.05, 0.1) is 23.6 Å². The monoisotopic (exact) mass is 337 g/mol. The van der Waals surface area contributed by atoms with Crippen LogP contribution in [0.3, 0.4) is 0 Å². The van der Waals surface area contributed by atoms with Crippen LogP contribution in [0, 0.1) is 0 Å². The third-order valence-corrected chi connectivity index (χ3v) is 4.87. The number of nitrogens with one attached hydrogen (secondary N) is 1. The highest BCUT2D eigenvalue weighted by molar-refractivity contribution is 5.93. The summed E-state index contributed by atoms with van der Waals surface area (Å²) in [4.78, 5) is 20.5. The van der Waals surface area contributed by atoms with Crippen molar-refractivity contribution in [2.75, 3.05) is 31.1 Å². The van der Waals surface area contributed by atoms with E-state index >= 15 is 0 Å². The lowest BCUT2D eigenvalue weighted by atomic mass is 10.1.